The second kappa shape index (κ2) is 5.06. The van der Waals surface area contributed by atoms with Crippen LogP contribution in [0.25, 0.3) is 0 Å². The smallest absolute Gasteiger partial charge is 0.416 e. The van der Waals surface area contributed by atoms with Crippen molar-refractivity contribution in [3.8, 4) is 6.07 Å². The van der Waals surface area contributed by atoms with Crippen molar-refractivity contribution in [3.05, 3.63) is 34.4 Å². The zero-order valence-electron chi connectivity index (χ0n) is 9.34. The molecule has 0 radical (unpaired) electrons. The molecule has 0 aliphatic heterocycles. The first-order valence-electron chi connectivity index (χ1n) is 4.77. The molecule has 1 rings (SSSR count). The molecule has 0 atom stereocenters. The lowest BCUT2D eigenvalue weighted by molar-refractivity contribution is -0.137. The van der Waals surface area contributed by atoms with E-state index in [2.05, 4.69) is 4.74 Å². The van der Waals surface area contributed by atoms with Gasteiger partial charge in [0.1, 0.15) is 0 Å². The van der Waals surface area contributed by atoms with Gasteiger partial charge in [-0.3, -0.25) is 0 Å². The van der Waals surface area contributed by atoms with E-state index in [-0.39, 0.29) is 23.2 Å². The first kappa shape index (κ1) is 14.0. The number of nitriles is 1. The fraction of sp³-hybridized carbons (Fsp3) is 0.273. The minimum atomic E-state index is -4.65. The summed E-state index contributed by atoms with van der Waals surface area (Å²) in [6, 6.07) is 2.89. The standard InChI is InChI=1S/C11H9F3N2O2/c1-18-10(17)8-3-7(11(12,13)14)2-6(4-15)9(8)5-16/h2-3H,5,16H2,1H3. The van der Waals surface area contributed by atoms with Crippen molar-refractivity contribution < 1.29 is 22.7 Å². The summed E-state index contributed by atoms with van der Waals surface area (Å²) >= 11 is 0. The predicted octanol–water partition coefficient (Wildman–Crippen LogP) is 1.82. The van der Waals surface area contributed by atoms with Gasteiger partial charge in [0.05, 0.1) is 29.9 Å². The van der Waals surface area contributed by atoms with Crippen molar-refractivity contribution in [2.24, 2.45) is 5.73 Å². The summed E-state index contributed by atoms with van der Waals surface area (Å²) < 4.78 is 42.2. The summed E-state index contributed by atoms with van der Waals surface area (Å²) in [6.07, 6.45) is -4.65. The van der Waals surface area contributed by atoms with Gasteiger partial charge < -0.3 is 10.5 Å². The van der Waals surface area contributed by atoms with Crippen LogP contribution in [-0.2, 0) is 17.5 Å². The van der Waals surface area contributed by atoms with Crippen LogP contribution in [-0.4, -0.2) is 13.1 Å². The quantitative estimate of drug-likeness (QED) is 0.821. The van der Waals surface area contributed by atoms with E-state index in [1.165, 1.54) is 0 Å². The minimum Gasteiger partial charge on any atom is -0.465 e. The van der Waals surface area contributed by atoms with Gasteiger partial charge in [-0.25, -0.2) is 4.79 Å². The van der Waals surface area contributed by atoms with Gasteiger partial charge in [-0.2, -0.15) is 18.4 Å². The van der Waals surface area contributed by atoms with E-state index in [9.17, 15) is 18.0 Å². The number of halogens is 3. The third kappa shape index (κ3) is 2.60. The molecule has 0 saturated heterocycles. The van der Waals surface area contributed by atoms with E-state index < -0.39 is 17.7 Å². The molecule has 0 bridgehead atoms. The highest BCUT2D eigenvalue weighted by molar-refractivity contribution is 5.92. The molecule has 4 nitrogen and oxygen atoms in total. The Morgan fingerprint density at radius 2 is 2.11 bits per heavy atom. The Balaban J connectivity index is 3.57. The van der Waals surface area contributed by atoms with E-state index >= 15 is 0 Å². The number of alkyl halides is 3. The van der Waals surface area contributed by atoms with Crippen molar-refractivity contribution in [1.82, 2.24) is 0 Å². The number of nitrogens with two attached hydrogens (primary N) is 1. The van der Waals surface area contributed by atoms with Crippen molar-refractivity contribution in [1.29, 1.82) is 5.26 Å². The molecule has 18 heavy (non-hydrogen) atoms. The van der Waals surface area contributed by atoms with Gasteiger partial charge in [0.25, 0.3) is 0 Å². The van der Waals surface area contributed by atoms with Crippen LogP contribution in [0.15, 0.2) is 12.1 Å². The zero-order valence-corrected chi connectivity index (χ0v) is 9.34. The van der Waals surface area contributed by atoms with Crippen LogP contribution < -0.4 is 5.73 Å². The van der Waals surface area contributed by atoms with Crippen molar-refractivity contribution in [2.45, 2.75) is 12.7 Å². The second-order valence-corrected chi connectivity index (χ2v) is 3.36. The summed E-state index contributed by atoms with van der Waals surface area (Å²) in [5.74, 6) is -0.960. The summed E-state index contributed by atoms with van der Waals surface area (Å²) in [5, 5.41) is 8.79. The Bertz CT molecular complexity index is 518. The van der Waals surface area contributed by atoms with Crippen LogP contribution in [0.3, 0.4) is 0 Å². The molecule has 0 spiro atoms. The second-order valence-electron chi connectivity index (χ2n) is 3.36. The molecule has 0 saturated carbocycles. The molecule has 0 heterocycles. The van der Waals surface area contributed by atoms with Crippen LogP contribution in [0.4, 0.5) is 13.2 Å². The Morgan fingerprint density at radius 1 is 1.50 bits per heavy atom. The van der Waals surface area contributed by atoms with Crippen LogP contribution >= 0.6 is 0 Å². The molecule has 1 aromatic carbocycles. The maximum atomic E-state index is 12.6. The number of nitrogens with zero attached hydrogens (tertiary/aromatic N) is 1. The summed E-state index contributed by atoms with van der Waals surface area (Å²) in [5.41, 5.74) is 3.67. The number of benzene rings is 1. The largest absolute Gasteiger partial charge is 0.465 e. The molecular formula is C11H9F3N2O2. The zero-order chi connectivity index (χ0) is 13.9. The van der Waals surface area contributed by atoms with Crippen molar-refractivity contribution >= 4 is 5.97 Å². The number of hydrogen-bond acceptors (Lipinski definition) is 4. The topological polar surface area (TPSA) is 76.1 Å². The Morgan fingerprint density at radius 3 is 2.50 bits per heavy atom. The van der Waals surface area contributed by atoms with Crippen LogP contribution in [0.5, 0.6) is 0 Å². The van der Waals surface area contributed by atoms with Crippen molar-refractivity contribution in [2.75, 3.05) is 7.11 Å². The summed E-state index contributed by atoms with van der Waals surface area (Å²) in [6.45, 7) is -0.231. The average Bonchev–Trinajstić information content (AvgIpc) is 2.34. The van der Waals surface area contributed by atoms with Gasteiger partial charge in [0.15, 0.2) is 0 Å². The maximum Gasteiger partial charge on any atom is 0.416 e. The Labute approximate surface area is 101 Å². The van der Waals surface area contributed by atoms with Gasteiger partial charge in [-0.15, -0.1) is 0 Å². The number of ether oxygens (including phenoxy) is 1. The number of rotatable bonds is 2. The third-order valence-corrected chi connectivity index (χ3v) is 2.31. The number of hydrogen-bond donors (Lipinski definition) is 1. The number of carbonyl (C=O) groups is 1. The van der Waals surface area contributed by atoms with Gasteiger partial charge in [-0.05, 0) is 17.7 Å². The Kier molecular flexibility index (Phi) is 3.93. The van der Waals surface area contributed by atoms with Gasteiger partial charge in [0, 0.05) is 6.54 Å². The maximum absolute atomic E-state index is 12.6. The highest BCUT2D eigenvalue weighted by Gasteiger charge is 2.33. The van der Waals surface area contributed by atoms with Crippen molar-refractivity contribution in [3.63, 3.8) is 0 Å². The lowest BCUT2D eigenvalue weighted by Crippen LogP contribution is -2.15. The van der Waals surface area contributed by atoms with E-state index in [1.807, 2.05) is 0 Å². The van der Waals surface area contributed by atoms with Gasteiger partial charge in [0.2, 0.25) is 0 Å². The molecule has 7 heteroatoms. The van der Waals surface area contributed by atoms with E-state index in [1.54, 1.807) is 6.07 Å². The number of methoxy groups -OCH3 is 1. The molecule has 0 aromatic heterocycles. The minimum absolute atomic E-state index is 0.0392. The third-order valence-electron chi connectivity index (χ3n) is 2.31. The fourth-order valence-electron chi connectivity index (χ4n) is 1.45. The first-order valence-corrected chi connectivity index (χ1v) is 4.77. The van der Waals surface area contributed by atoms with Gasteiger partial charge >= 0.3 is 12.1 Å². The fourth-order valence-corrected chi connectivity index (χ4v) is 1.45. The van der Waals surface area contributed by atoms with E-state index in [0.717, 1.165) is 7.11 Å². The van der Waals surface area contributed by atoms with E-state index in [4.69, 9.17) is 11.0 Å². The first-order chi connectivity index (χ1) is 8.35. The molecular weight excluding hydrogens is 249 g/mol. The Hall–Kier alpha value is -2.07. The molecule has 0 unspecified atom stereocenters. The van der Waals surface area contributed by atoms with Gasteiger partial charge in [-0.1, -0.05) is 0 Å². The lowest BCUT2D eigenvalue weighted by Gasteiger charge is -2.13. The molecule has 96 valence electrons. The SMILES string of the molecule is COC(=O)c1cc(C(F)(F)F)cc(C#N)c1CN. The molecule has 0 fully saturated rings. The number of esters is 1. The monoisotopic (exact) mass is 258 g/mol. The highest BCUT2D eigenvalue weighted by Crippen LogP contribution is 2.32. The predicted molar refractivity (Wildman–Crippen MR) is 55.4 cm³/mol. The molecule has 0 aliphatic rings. The van der Waals surface area contributed by atoms with Crippen LogP contribution in [0.2, 0.25) is 0 Å². The molecule has 0 amide bonds. The molecule has 1 aromatic rings. The number of carbonyl (C=O) groups excluding carboxylic acids is 1. The molecule has 2 N–H and O–H groups in total. The van der Waals surface area contributed by atoms with Crippen LogP contribution in [0, 0.1) is 11.3 Å². The molecule has 0 aliphatic carbocycles. The highest BCUT2D eigenvalue weighted by atomic mass is 19.4. The van der Waals surface area contributed by atoms with Crippen LogP contribution in [0.1, 0.15) is 27.0 Å². The average molecular weight is 258 g/mol. The van der Waals surface area contributed by atoms with E-state index in [0.29, 0.717) is 12.1 Å². The summed E-state index contributed by atoms with van der Waals surface area (Å²) in [4.78, 5) is 11.4. The lowest BCUT2D eigenvalue weighted by atomic mass is 9.98. The summed E-state index contributed by atoms with van der Waals surface area (Å²) in [7, 11) is 1.04. The normalized spacial score (nSPS) is 10.9.